The second-order valence-corrected chi connectivity index (χ2v) is 7.32. The number of piperazine rings is 1. The number of thiophene rings is 1. The SMILES string of the molecule is CN1CCN(C(CNC(=O)c2cccs2)Cc2ccccc2)CC1. The third-order valence-corrected chi connectivity index (χ3v) is 5.48. The molecule has 1 aromatic carbocycles. The number of amides is 1. The van der Waals surface area contributed by atoms with Gasteiger partial charge in [-0.2, -0.15) is 0 Å². The van der Waals surface area contributed by atoms with Crippen LogP contribution in [0.3, 0.4) is 0 Å². The van der Waals surface area contributed by atoms with Crippen molar-refractivity contribution in [2.45, 2.75) is 12.5 Å². The lowest BCUT2D eigenvalue weighted by Gasteiger charge is -2.38. The predicted octanol–water partition coefficient (Wildman–Crippen LogP) is 2.34. The van der Waals surface area contributed by atoms with E-state index in [-0.39, 0.29) is 5.91 Å². The molecule has 1 N–H and O–H groups in total. The van der Waals surface area contributed by atoms with Crippen LogP contribution in [0.25, 0.3) is 0 Å². The molecule has 1 aromatic heterocycles. The van der Waals surface area contributed by atoms with Gasteiger partial charge in [-0.05, 0) is 30.5 Å². The quantitative estimate of drug-likeness (QED) is 0.874. The van der Waals surface area contributed by atoms with Crippen LogP contribution in [0.15, 0.2) is 47.8 Å². The average molecular weight is 343 g/mol. The average Bonchev–Trinajstić information content (AvgIpc) is 3.15. The topological polar surface area (TPSA) is 35.6 Å². The van der Waals surface area contributed by atoms with Crippen LogP contribution in [-0.2, 0) is 6.42 Å². The van der Waals surface area contributed by atoms with Crippen LogP contribution in [0.4, 0.5) is 0 Å². The molecular weight excluding hydrogens is 318 g/mol. The number of hydrogen-bond acceptors (Lipinski definition) is 4. The lowest BCUT2D eigenvalue weighted by atomic mass is 10.0. The van der Waals surface area contributed by atoms with Gasteiger partial charge in [0, 0.05) is 38.8 Å². The molecule has 1 saturated heterocycles. The molecule has 3 rings (SSSR count). The zero-order valence-corrected chi connectivity index (χ0v) is 15.0. The zero-order chi connectivity index (χ0) is 16.8. The molecule has 1 atom stereocenters. The van der Waals surface area contributed by atoms with Gasteiger partial charge in [0.15, 0.2) is 0 Å². The molecule has 0 spiro atoms. The van der Waals surface area contributed by atoms with Crippen molar-refractivity contribution in [1.82, 2.24) is 15.1 Å². The van der Waals surface area contributed by atoms with E-state index in [0.717, 1.165) is 37.5 Å². The Morgan fingerprint density at radius 1 is 1.12 bits per heavy atom. The monoisotopic (exact) mass is 343 g/mol. The van der Waals surface area contributed by atoms with Crippen LogP contribution >= 0.6 is 11.3 Å². The molecule has 0 aliphatic carbocycles. The summed E-state index contributed by atoms with van der Waals surface area (Å²) >= 11 is 1.49. The highest BCUT2D eigenvalue weighted by molar-refractivity contribution is 7.12. The largest absolute Gasteiger partial charge is 0.350 e. The maximum absolute atomic E-state index is 12.3. The fourth-order valence-corrected chi connectivity index (χ4v) is 3.75. The van der Waals surface area contributed by atoms with E-state index >= 15 is 0 Å². The highest BCUT2D eigenvalue weighted by atomic mass is 32.1. The lowest BCUT2D eigenvalue weighted by Crippen LogP contribution is -2.53. The molecule has 1 aliphatic rings. The van der Waals surface area contributed by atoms with Crippen LogP contribution in [0, 0.1) is 0 Å². The third kappa shape index (κ3) is 4.66. The van der Waals surface area contributed by atoms with Crippen molar-refractivity contribution >= 4 is 17.2 Å². The minimum absolute atomic E-state index is 0.0391. The Kier molecular flexibility index (Phi) is 6.01. The van der Waals surface area contributed by atoms with Gasteiger partial charge in [-0.25, -0.2) is 0 Å². The number of nitrogens with one attached hydrogen (secondary N) is 1. The minimum Gasteiger partial charge on any atom is -0.350 e. The second-order valence-electron chi connectivity index (χ2n) is 6.37. The second kappa shape index (κ2) is 8.42. The van der Waals surface area contributed by atoms with Gasteiger partial charge in [0.25, 0.3) is 5.91 Å². The first kappa shape index (κ1) is 17.1. The van der Waals surface area contributed by atoms with Gasteiger partial charge < -0.3 is 10.2 Å². The normalized spacial score (nSPS) is 17.5. The first-order valence-corrected chi connectivity index (χ1v) is 9.38. The number of nitrogens with zero attached hydrogens (tertiary/aromatic N) is 2. The van der Waals surface area contributed by atoms with Gasteiger partial charge >= 0.3 is 0 Å². The number of likely N-dealkylation sites (N-methyl/N-ethyl adjacent to an activating group) is 1. The minimum atomic E-state index is 0.0391. The molecule has 2 aromatic rings. The molecule has 2 heterocycles. The summed E-state index contributed by atoms with van der Waals surface area (Å²) in [4.78, 5) is 17.9. The number of carbonyl (C=O) groups is 1. The van der Waals surface area contributed by atoms with Crippen molar-refractivity contribution in [3.8, 4) is 0 Å². The number of carbonyl (C=O) groups excluding carboxylic acids is 1. The Morgan fingerprint density at radius 2 is 1.88 bits per heavy atom. The van der Waals surface area contributed by atoms with Crippen molar-refractivity contribution in [3.63, 3.8) is 0 Å². The summed E-state index contributed by atoms with van der Waals surface area (Å²) in [5.74, 6) is 0.0391. The maximum Gasteiger partial charge on any atom is 0.261 e. The predicted molar refractivity (Wildman–Crippen MR) is 99.7 cm³/mol. The van der Waals surface area contributed by atoms with Gasteiger partial charge in [-0.3, -0.25) is 9.69 Å². The fraction of sp³-hybridized carbons (Fsp3) is 0.421. The smallest absolute Gasteiger partial charge is 0.261 e. The molecule has 1 fully saturated rings. The standard InChI is InChI=1S/C19H25N3OS/c1-21-9-11-22(12-10-21)17(14-16-6-3-2-4-7-16)15-20-19(23)18-8-5-13-24-18/h2-8,13,17H,9-12,14-15H2,1H3,(H,20,23). The lowest BCUT2D eigenvalue weighted by molar-refractivity contribution is 0.0889. The van der Waals surface area contributed by atoms with Gasteiger partial charge in [0.1, 0.15) is 0 Å². The summed E-state index contributed by atoms with van der Waals surface area (Å²) in [6.45, 7) is 4.98. The third-order valence-electron chi connectivity index (χ3n) is 4.61. The molecule has 24 heavy (non-hydrogen) atoms. The first-order valence-electron chi connectivity index (χ1n) is 8.50. The van der Waals surface area contributed by atoms with Crippen LogP contribution in [0.1, 0.15) is 15.2 Å². The number of hydrogen-bond donors (Lipinski definition) is 1. The highest BCUT2D eigenvalue weighted by Crippen LogP contribution is 2.13. The van der Waals surface area contributed by atoms with Crippen molar-refractivity contribution in [1.29, 1.82) is 0 Å². The molecular formula is C19H25N3OS. The van der Waals surface area contributed by atoms with Crippen LogP contribution in [0.2, 0.25) is 0 Å². The molecule has 128 valence electrons. The zero-order valence-electron chi connectivity index (χ0n) is 14.1. The Hall–Kier alpha value is -1.69. The van der Waals surface area contributed by atoms with E-state index in [1.165, 1.54) is 16.9 Å². The molecule has 0 bridgehead atoms. The summed E-state index contributed by atoms with van der Waals surface area (Å²) in [6.07, 6.45) is 0.968. The first-order chi connectivity index (χ1) is 11.7. The number of rotatable bonds is 6. The molecule has 1 unspecified atom stereocenters. The van der Waals surface area contributed by atoms with E-state index in [0.29, 0.717) is 12.6 Å². The van der Waals surface area contributed by atoms with E-state index in [1.807, 2.05) is 23.6 Å². The Morgan fingerprint density at radius 3 is 2.54 bits per heavy atom. The van der Waals surface area contributed by atoms with Crippen molar-refractivity contribution in [2.24, 2.45) is 0 Å². The molecule has 0 radical (unpaired) electrons. The molecule has 4 nitrogen and oxygen atoms in total. The van der Waals surface area contributed by atoms with Gasteiger partial charge in [0.05, 0.1) is 4.88 Å². The van der Waals surface area contributed by atoms with Gasteiger partial charge in [-0.1, -0.05) is 36.4 Å². The van der Waals surface area contributed by atoms with Gasteiger partial charge in [-0.15, -0.1) is 11.3 Å². The fourth-order valence-electron chi connectivity index (χ4n) is 3.11. The van der Waals surface area contributed by atoms with E-state index in [2.05, 4.69) is 46.4 Å². The van der Waals surface area contributed by atoms with E-state index in [4.69, 9.17) is 0 Å². The summed E-state index contributed by atoms with van der Waals surface area (Å²) in [7, 11) is 2.17. The van der Waals surface area contributed by atoms with E-state index < -0.39 is 0 Å². The van der Waals surface area contributed by atoms with Crippen LogP contribution in [0.5, 0.6) is 0 Å². The summed E-state index contributed by atoms with van der Waals surface area (Å²) in [5, 5.41) is 5.07. The molecule has 0 saturated carbocycles. The van der Waals surface area contributed by atoms with Gasteiger partial charge in [0.2, 0.25) is 0 Å². The molecule has 1 aliphatic heterocycles. The molecule has 5 heteroatoms. The van der Waals surface area contributed by atoms with Crippen LogP contribution in [-0.4, -0.2) is 61.5 Å². The van der Waals surface area contributed by atoms with E-state index in [1.54, 1.807) is 0 Å². The Bertz CT molecular complexity index is 621. The van der Waals surface area contributed by atoms with E-state index in [9.17, 15) is 4.79 Å². The summed E-state index contributed by atoms with van der Waals surface area (Å²) < 4.78 is 0. The Balaban J connectivity index is 1.63. The molecule has 1 amide bonds. The van der Waals surface area contributed by atoms with Crippen molar-refractivity contribution in [3.05, 3.63) is 58.3 Å². The number of benzene rings is 1. The summed E-state index contributed by atoms with van der Waals surface area (Å²) in [6, 6.07) is 14.7. The summed E-state index contributed by atoms with van der Waals surface area (Å²) in [5.41, 5.74) is 1.33. The van der Waals surface area contributed by atoms with Crippen molar-refractivity contribution < 1.29 is 4.79 Å². The highest BCUT2D eigenvalue weighted by Gasteiger charge is 2.23. The van der Waals surface area contributed by atoms with Crippen LogP contribution < -0.4 is 5.32 Å². The van der Waals surface area contributed by atoms with Crippen molar-refractivity contribution in [2.75, 3.05) is 39.8 Å². The Labute approximate surface area is 148 Å². The maximum atomic E-state index is 12.3.